The Kier molecular flexibility index (Phi) is 3.33. The Morgan fingerprint density at radius 1 is 1.62 bits per heavy atom. The summed E-state index contributed by atoms with van der Waals surface area (Å²) in [4.78, 5) is 3.91. The maximum atomic E-state index is 5.78. The number of nitrogens with one attached hydrogen (secondary N) is 1. The van der Waals surface area contributed by atoms with E-state index in [0.717, 1.165) is 5.69 Å². The molecule has 0 radical (unpaired) electrons. The van der Waals surface area contributed by atoms with E-state index < -0.39 is 5.79 Å². The molecule has 1 unspecified atom stereocenters. The monoisotopic (exact) mass is 242 g/mol. The lowest BCUT2D eigenvalue weighted by Crippen LogP contribution is -2.25. The number of pyridine rings is 1. The highest BCUT2D eigenvalue weighted by molar-refractivity contribution is 6.29. The molecule has 0 aromatic carbocycles. The molecule has 1 fully saturated rings. The van der Waals surface area contributed by atoms with Gasteiger partial charge in [-0.1, -0.05) is 11.6 Å². The maximum absolute atomic E-state index is 5.78. The Morgan fingerprint density at radius 3 is 3.06 bits per heavy atom. The van der Waals surface area contributed by atoms with E-state index in [-0.39, 0.29) is 6.10 Å². The van der Waals surface area contributed by atoms with Crippen molar-refractivity contribution >= 4 is 17.3 Å². The van der Waals surface area contributed by atoms with Crippen LogP contribution in [0.4, 0.5) is 5.69 Å². The van der Waals surface area contributed by atoms with Gasteiger partial charge in [0.25, 0.3) is 0 Å². The Bertz CT molecular complexity index is 371. The molecule has 0 bridgehead atoms. The zero-order chi connectivity index (χ0) is 11.6. The fourth-order valence-electron chi connectivity index (χ4n) is 1.61. The van der Waals surface area contributed by atoms with E-state index in [1.54, 1.807) is 12.3 Å². The Labute approximate surface area is 99.9 Å². The molecule has 1 atom stereocenters. The van der Waals surface area contributed by atoms with Gasteiger partial charge in [0.05, 0.1) is 6.61 Å². The van der Waals surface area contributed by atoms with Crippen molar-refractivity contribution in [2.75, 3.05) is 18.5 Å². The summed E-state index contributed by atoms with van der Waals surface area (Å²) in [5.41, 5.74) is 0.938. The zero-order valence-electron chi connectivity index (χ0n) is 9.37. The van der Waals surface area contributed by atoms with Gasteiger partial charge in [0.15, 0.2) is 5.79 Å². The Morgan fingerprint density at radius 2 is 2.44 bits per heavy atom. The minimum Gasteiger partial charge on any atom is -0.382 e. The van der Waals surface area contributed by atoms with Gasteiger partial charge in [-0.05, 0) is 26.0 Å². The molecule has 1 aliphatic rings. The third kappa shape index (κ3) is 3.07. The fourth-order valence-corrected chi connectivity index (χ4v) is 1.78. The summed E-state index contributed by atoms with van der Waals surface area (Å²) >= 11 is 5.78. The highest BCUT2D eigenvalue weighted by Crippen LogP contribution is 2.22. The molecule has 0 amide bonds. The molecule has 88 valence electrons. The van der Waals surface area contributed by atoms with Gasteiger partial charge in [0, 0.05) is 18.4 Å². The van der Waals surface area contributed by atoms with Crippen LogP contribution in [-0.4, -0.2) is 30.0 Å². The molecular weight excluding hydrogens is 228 g/mol. The summed E-state index contributed by atoms with van der Waals surface area (Å²) in [5, 5.41) is 3.72. The van der Waals surface area contributed by atoms with Gasteiger partial charge in [-0.3, -0.25) is 0 Å². The summed E-state index contributed by atoms with van der Waals surface area (Å²) in [5.74, 6) is -0.470. The maximum Gasteiger partial charge on any atom is 0.163 e. The molecule has 0 saturated carbocycles. The lowest BCUT2D eigenvalue weighted by Gasteiger charge is -2.17. The van der Waals surface area contributed by atoms with Crippen molar-refractivity contribution in [1.29, 1.82) is 0 Å². The minimum atomic E-state index is -0.470. The van der Waals surface area contributed by atoms with E-state index in [4.69, 9.17) is 21.1 Å². The number of rotatable bonds is 3. The van der Waals surface area contributed by atoms with Crippen LogP contribution in [0.15, 0.2) is 18.3 Å². The van der Waals surface area contributed by atoms with Crippen molar-refractivity contribution in [3.05, 3.63) is 23.5 Å². The molecule has 4 nitrogen and oxygen atoms in total. The van der Waals surface area contributed by atoms with E-state index in [1.807, 2.05) is 19.9 Å². The van der Waals surface area contributed by atoms with Gasteiger partial charge < -0.3 is 14.8 Å². The first-order valence-electron chi connectivity index (χ1n) is 5.22. The molecule has 1 aromatic heterocycles. The van der Waals surface area contributed by atoms with Crippen molar-refractivity contribution in [3.8, 4) is 0 Å². The second-order valence-corrected chi connectivity index (χ2v) is 4.59. The first-order chi connectivity index (χ1) is 7.55. The predicted octanol–water partition coefficient (Wildman–Crippen LogP) is 2.30. The molecule has 0 aliphatic carbocycles. The molecule has 1 saturated heterocycles. The SMILES string of the molecule is CC1(C)OCC(CNc2ccnc(Cl)c2)O1. The molecule has 5 heteroatoms. The van der Waals surface area contributed by atoms with Crippen molar-refractivity contribution in [1.82, 2.24) is 4.98 Å². The number of ether oxygens (including phenoxy) is 2. The Balaban J connectivity index is 1.84. The van der Waals surface area contributed by atoms with E-state index in [9.17, 15) is 0 Å². The first kappa shape index (κ1) is 11.6. The van der Waals surface area contributed by atoms with Crippen LogP contribution >= 0.6 is 11.6 Å². The minimum absolute atomic E-state index is 0.0712. The number of halogens is 1. The third-order valence-electron chi connectivity index (χ3n) is 2.33. The van der Waals surface area contributed by atoms with E-state index >= 15 is 0 Å². The van der Waals surface area contributed by atoms with E-state index in [0.29, 0.717) is 18.3 Å². The summed E-state index contributed by atoms with van der Waals surface area (Å²) < 4.78 is 11.1. The van der Waals surface area contributed by atoms with Gasteiger partial charge in [-0.15, -0.1) is 0 Å². The molecule has 16 heavy (non-hydrogen) atoms. The molecule has 0 spiro atoms. The average molecular weight is 243 g/mol. The van der Waals surface area contributed by atoms with Crippen LogP contribution in [0.25, 0.3) is 0 Å². The number of aromatic nitrogens is 1. The largest absolute Gasteiger partial charge is 0.382 e. The van der Waals surface area contributed by atoms with Gasteiger partial charge in [-0.25, -0.2) is 4.98 Å². The topological polar surface area (TPSA) is 43.4 Å². The van der Waals surface area contributed by atoms with Crippen molar-refractivity contribution in [2.45, 2.75) is 25.7 Å². The summed E-state index contributed by atoms with van der Waals surface area (Å²) in [6.07, 6.45) is 1.74. The van der Waals surface area contributed by atoms with Crippen LogP contribution in [0, 0.1) is 0 Å². The second-order valence-electron chi connectivity index (χ2n) is 4.20. The lowest BCUT2D eigenvalue weighted by atomic mass is 10.3. The van der Waals surface area contributed by atoms with Crippen LogP contribution in [0.3, 0.4) is 0 Å². The van der Waals surface area contributed by atoms with Crippen LogP contribution in [-0.2, 0) is 9.47 Å². The smallest absolute Gasteiger partial charge is 0.163 e. The predicted molar refractivity (Wildman–Crippen MR) is 62.6 cm³/mol. The average Bonchev–Trinajstić information content (AvgIpc) is 2.56. The summed E-state index contributed by atoms with van der Waals surface area (Å²) in [6.45, 7) is 5.13. The lowest BCUT2D eigenvalue weighted by molar-refractivity contribution is -0.136. The number of nitrogens with zero attached hydrogens (tertiary/aromatic N) is 1. The third-order valence-corrected chi connectivity index (χ3v) is 2.53. The summed E-state index contributed by atoms with van der Waals surface area (Å²) in [7, 11) is 0. The quantitative estimate of drug-likeness (QED) is 0.826. The number of anilines is 1. The van der Waals surface area contributed by atoms with Crippen molar-refractivity contribution < 1.29 is 9.47 Å². The van der Waals surface area contributed by atoms with Crippen LogP contribution in [0.1, 0.15) is 13.8 Å². The molecule has 2 rings (SSSR count). The molecular formula is C11H15ClN2O2. The normalized spacial score (nSPS) is 23.3. The summed E-state index contributed by atoms with van der Waals surface area (Å²) in [6, 6.07) is 3.65. The number of hydrogen-bond donors (Lipinski definition) is 1. The standard InChI is InChI=1S/C11H15ClN2O2/c1-11(2)15-7-9(16-11)6-14-8-3-4-13-10(12)5-8/h3-5,9H,6-7H2,1-2H3,(H,13,14). The van der Waals surface area contributed by atoms with E-state index in [2.05, 4.69) is 10.3 Å². The van der Waals surface area contributed by atoms with Gasteiger partial charge >= 0.3 is 0 Å². The van der Waals surface area contributed by atoms with Crippen LogP contribution in [0.2, 0.25) is 5.15 Å². The van der Waals surface area contributed by atoms with Crippen molar-refractivity contribution in [3.63, 3.8) is 0 Å². The van der Waals surface area contributed by atoms with Gasteiger partial charge in [-0.2, -0.15) is 0 Å². The van der Waals surface area contributed by atoms with Crippen molar-refractivity contribution in [2.24, 2.45) is 0 Å². The molecule has 2 heterocycles. The molecule has 1 aliphatic heterocycles. The first-order valence-corrected chi connectivity index (χ1v) is 5.60. The molecule has 1 N–H and O–H groups in total. The Hall–Kier alpha value is -0.840. The van der Waals surface area contributed by atoms with Crippen LogP contribution in [0.5, 0.6) is 0 Å². The molecule has 1 aromatic rings. The fraction of sp³-hybridized carbons (Fsp3) is 0.545. The van der Waals surface area contributed by atoms with E-state index in [1.165, 1.54) is 0 Å². The van der Waals surface area contributed by atoms with Gasteiger partial charge in [0.1, 0.15) is 11.3 Å². The number of hydrogen-bond acceptors (Lipinski definition) is 4. The highest BCUT2D eigenvalue weighted by atomic mass is 35.5. The van der Waals surface area contributed by atoms with Crippen LogP contribution < -0.4 is 5.32 Å². The highest BCUT2D eigenvalue weighted by Gasteiger charge is 2.32. The van der Waals surface area contributed by atoms with Gasteiger partial charge in [0.2, 0.25) is 0 Å². The zero-order valence-corrected chi connectivity index (χ0v) is 10.1. The second kappa shape index (κ2) is 4.57.